The fourth-order valence-electron chi connectivity index (χ4n) is 3.10. The van der Waals surface area contributed by atoms with Crippen LogP contribution in [0.4, 0.5) is 10.5 Å². The first-order chi connectivity index (χ1) is 14.3. The van der Waals surface area contributed by atoms with Crippen LogP contribution in [0.25, 0.3) is 6.08 Å². The molecule has 0 atom stereocenters. The number of hydrogen-bond donors (Lipinski definition) is 2. The summed E-state index contributed by atoms with van der Waals surface area (Å²) in [6.07, 6.45) is 3.37. The normalized spacial score (nSPS) is 15.3. The van der Waals surface area contributed by atoms with Crippen molar-refractivity contribution in [3.8, 4) is 11.5 Å². The second-order valence-corrected chi connectivity index (χ2v) is 6.75. The molecule has 0 aliphatic carbocycles. The van der Waals surface area contributed by atoms with Crippen molar-refractivity contribution in [1.29, 1.82) is 0 Å². The van der Waals surface area contributed by atoms with Crippen LogP contribution >= 0.6 is 0 Å². The Hall–Kier alpha value is -3.87. The number of imide groups is 2. The van der Waals surface area contributed by atoms with Crippen LogP contribution in [0.15, 0.2) is 54.6 Å². The first kappa shape index (κ1) is 20.9. The highest BCUT2D eigenvalue weighted by Crippen LogP contribution is 2.33. The van der Waals surface area contributed by atoms with Gasteiger partial charge in [-0.1, -0.05) is 23.8 Å². The summed E-state index contributed by atoms with van der Waals surface area (Å²) in [4.78, 5) is 38.6. The van der Waals surface area contributed by atoms with Gasteiger partial charge in [0.15, 0.2) is 11.5 Å². The monoisotopic (exact) mass is 406 g/mol. The van der Waals surface area contributed by atoms with Crippen molar-refractivity contribution in [2.24, 2.45) is 0 Å². The molecular formula is C23H22N2O5. The molecule has 154 valence electrons. The SMILES string of the molecule is C=CCc1cc(/C=C2/C(=O)NC(=O)N(c3ccc(C)cc3)C2=O)cc(OCC)c1O. The minimum absolute atomic E-state index is 0.0187. The third-order valence-corrected chi connectivity index (χ3v) is 4.55. The zero-order valence-electron chi connectivity index (χ0n) is 16.8. The highest BCUT2D eigenvalue weighted by atomic mass is 16.5. The number of allylic oxidation sites excluding steroid dienone is 1. The predicted molar refractivity (Wildman–Crippen MR) is 113 cm³/mol. The number of benzene rings is 2. The van der Waals surface area contributed by atoms with E-state index >= 15 is 0 Å². The second-order valence-electron chi connectivity index (χ2n) is 6.75. The Morgan fingerprint density at radius 2 is 1.87 bits per heavy atom. The van der Waals surface area contributed by atoms with Gasteiger partial charge in [0, 0.05) is 5.56 Å². The summed E-state index contributed by atoms with van der Waals surface area (Å²) in [6, 6.07) is 9.17. The van der Waals surface area contributed by atoms with Gasteiger partial charge in [-0.3, -0.25) is 14.9 Å². The molecule has 1 aliphatic rings. The summed E-state index contributed by atoms with van der Waals surface area (Å²) in [5.74, 6) is -1.30. The molecule has 7 nitrogen and oxygen atoms in total. The van der Waals surface area contributed by atoms with Crippen LogP contribution in [-0.2, 0) is 16.0 Å². The molecule has 3 rings (SSSR count). The number of amides is 4. The van der Waals surface area contributed by atoms with Crippen molar-refractivity contribution in [3.05, 3.63) is 71.3 Å². The number of nitrogens with one attached hydrogen (secondary N) is 1. The van der Waals surface area contributed by atoms with Crippen molar-refractivity contribution in [1.82, 2.24) is 5.32 Å². The number of aryl methyl sites for hydroxylation is 1. The van der Waals surface area contributed by atoms with E-state index in [-0.39, 0.29) is 17.1 Å². The van der Waals surface area contributed by atoms with E-state index in [0.717, 1.165) is 10.5 Å². The Morgan fingerprint density at radius 3 is 2.50 bits per heavy atom. The van der Waals surface area contributed by atoms with Crippen molar-refractivity contribution in [3.63, 3.8) is 0 Å². The minimum Gasteiger partial charge on any atom is -0.504 e. The van der Waals surface area contributed by atoms with E-state index in [9.17, 15) is 19.5 Å². The summed E-state index contributed by atoms with van der Waals surface area (Å²) in [6.45, 7) is 7.67. The maximum atomic E-state index is 13.0. The molecule has 30 heavy (non-hydrogen) atoms. The van der Waals surface area contributed by atoms with Gasteiger partial charge >= 0.3 is 6.03 Å². The van der Waals surface area contributed by atoms with Crippen molar-refractivity contribution < 1.29 is 24.2 Å². The number of rotatable bonds is 6. The Labute approximate surface area is 174 Å². The molecule has 0 saturated carbocycles. The number of aromatic hydroxyl groups is 1. The lowest BCUT2D eigenvalue weighted by molar-refractivity contribution is -0.122. The third kappa shape index (κ3) is 4.10. The molecular weight excluding hydrogens is 384 g/mol. The molecule has 0 unspecified atom stereocenters. The van der Waals surface area contributed by atoms with Gasteiger partial charge in [0.1, 0.15) is 5.57 Å². The summed E-state index contributed by atoms with van der Waals surface area (Å²) in [5.41, 5.74) is 2.14. The molecule has 2 aromatic rings. The van der Waals surface area contributed by atoms with Crippen molar-refractivity contribution >= 4 is 29.6 Å². The molecule has 2 aromatic carbocycles. The van der Waals surface area contributed by atoms with Gasteiger partial charge in [-0.2, -0.15) is 0 Å². The zero-order chi connectivity index (χ0) is 21.8. The fraction of sp³-hybridized carbons (Fsp3) is 0.174. The fourth-order valence-corrected chi connectivity index (χ4v) is 3.10. The van der Waals surface area contributed by atoms with E-state index in [1.165, 1.54) is 12.1 Å². The van der Waals surface area contributed by atoms with Gasteiger partial charge in [0.25, 0.3) is 11.8 Å². The molecule has 0 aromatic heterocycles. The van der Waals surface area contributed by atoms with E-state index in [1.54, 1.807) is 43.3 Å². The van der Waals surface area contributed by atoms with E-state index < -0.39 is 17.8 Å². The summed E-state index contributed by atoms with van der Waals surface area (Å²) >= 11 is 0. The summed E-state index contributed by atoms with van der Waals surface area (Å²) in [7, 11) is 0. The van der Waals surface area contributed by atoms with E-state index in [4.69, 9.17) is 4.74 Å². The molecule has 0 spiro atoms. The Morgan fingerprint density at radius 1 is 1.17 bits per heavy atom. The number of anilines is 1. The standard InChI is InChI=1S/C23H22N2O5/c1-4-6-16-11-15(13-19(20(16)26)30-5-2)12-18-21(27)24-23(29)25(22(18)28)17-9-7-14(3)8-10-17/h4,7-13,26H,1,5-6H2,2-3H3,(H,24,27,29)/b18-12-. The predicted octanol–water partition coefficient (Wildman–Crippen LogP) is 3.49. The smallest absolute Gasteiger partial charge is 0.335 e. The molecule has 1 aliphatic heterocycles. The molecule has 2 N–H and O–H groups in total. The van der Waals surface area contributed by atoms with Crippen LogP contribution in [0.1, 0.15) is 23.6 Å². The molecule has 0 bridgehead atoms. The average molecular weight is 406 g/mol. The first-order valence-corrected chi connectivity index (χ1v) is 9.43. The molecule has 4 amide bonds. The highest BCUT2D eigenvalue weighted by Gasteiger charge is 2.36. The van der Waals surface area contributed by atoms with Crippen LogP contribution in [-0.4, -0.2) is 29.6 Å². The molecule has 0 radical (unpaired) electrons. The topological polar surface area (TPSA) is 95.9 Å². The number of barbiturate groups is 1. The first-order valence-electron chi connectivity index (χ1n) is 9.43. The van der Waals surface area contributed by atoms with E-state index in [1.807, 2.05) is 6.92 Å². The van der Waals surface area contributed by atoms with Crippen LogP contribution in [0, 0.1) is 6.92 Å². The van der Waals surface area contributed by atoms with Crippen LogP contribution < -0.4 is 15.0 Å². The van der Waals surface area contributed by atoms with Crippen molar-refractivity contribution in [2.75, 3.05) is 11.5 Å². The Kier molecular flexibility index (Phi) is 6.01. The number of phenolic OH excluding ortho intramolecular Hbond substituents is 1. The molecule has 7 heteroatoms. The molecule has 1 fully saturated rings. The Bertz CT molecular complexity index is 1050. The number of hydrogen-bond acceptors (Lipinski definition) is 5. The number of ether oxygens (including phenoxy) is 1. The number of urea groups is 1. The van der Waals surface area contributed by atoms with Gasteiger partial charge < -0.3 is 9.84 Å². The highest BCUT2D eigenvalue weighted by molar-refractivity contribution is 6.39. The number of carbonyl (C=O) groups excluding carboxylic acids is 3. The summed E-state index contributed by atoms with van der Waals surface area (Å²) in [5, 5.41) is 12.5. The Balaban J connectivity index is 2.05. The second kappa shape index (κ2) is 8.65. The van der Waals surface area contributed by atoms with Gasteiger partial charge in [-0.05, 0) is 56.2 Å². The maximum absolute atomic E-state index is 13.0. The third-order valence-electron chi connectivity index (χ3n) is 4.55. The van der Waals surface area contributed by atoms with Crippen LogP contribution in [0.3, 0.4) is 0 Å². The van der Waals surface area contributed by atoms with Gasteiger partial charge in [-0.15, -0.1) is 6.58 Å². The van der Waals surface area contributed by atoms with E-state index in [2.05, 4.69) is 11.9 Å². The number of nitrogens with zero attached hydrogens (tertiary/aromatic N) is 1. The van der Waals surface area contributed by atoms with Gasteiger partial charge in [-0.25, -0.2) is 9.69 Å². The summed E-state index contributed by atoms with van der Waals surface area (Å²) < 4.78 is 5.46. The number of carbonyl (C=O) groups is 3. The maximum Gasteiger partial charge on any atom is 0.335 e. The lowest BCUT2D eigenvalue weighted by Gasteiger charge is -2.26. The van der Waals surface area contributed by atoms with Gasteiger partial charge in [0.2, 0.25) is 0 Å². The molecule has 1 saturated heterocycles. The van der Waals surface area contributed by atoms with Crippen LogP contribution in [0.5, 0.6) is 11.5 Å². The van der Waals surface area contributed by atoms with Crippen LogP contribution in [0.2, 0.25) is 0 Å². The van der Waals surface area contributed by atoms with Gasteiger partial charge in [0.05, 0.1) is 12.3 Å². The zero-order valence-corrected chi connectivity index (χ0v) is 16.8. The molecule has 1 heterocycles. The largest absolute Gasteiger partial charge is 0.504 e. The minimum atomic E-state index is -0.806. The number of phenols is 1. The van der Waals surface area contributed by atoms with Crippen molar-refractivity contribution in [2.45, 2.75) is 20.3 Å². The quantitative estimate of drug-likeness (QED) is 0.435. The van der Waals surface area contributed by atoms with E-state index in [0.29, 0.717) is 29.8 Å². The average Bonchev–Trinajstić information content (AvgIpc) is 2.70. The lowest BCUT2D eigenvalue weighted by atomic mass is 10.0. The lowest BCUT2D eigenvalue weighted by Crippen LogP contribution is -2.54.